The van der Waals surface area contributed by atoms with Crippen LogP contribution in [0.4, 0.5) is 11.4 Å². The van der Waals surface area contributed by atoms with Crippen LogP contribution in [0.15, 0.2) is 83.9 Å². The molecule has 0 radical (unpaired) electrons. The second kappa shape index (κ2) is 10.8. The molecule has 0 aliphatic rings. The van der Waals surface area contributed by atoms with Crippen LogP contribution in [0.25, 0.3) is 22.4 Å². The molecule has 178 valence electrons. The number of nitrogens with one attached hydrogen (secondary N) is 1. The number of hydrogen-bond donors (Lipinski definition) is 1. The zero-order chi connectivity index (χ0) is 25.7. The summed E-state index contributed by atoms with van der Waals surface area (Å²) in [5.74, 6) is -0.369. The molecule has 0 spiro atoms. The Morgan fingerprint density at radius 1 is 1.03 bits per heavy atom. The van der Waals surface area contributed by atoms with Crippen molar-refractivity contribution in [3.8, 4) is 28.5 Å². The number of amides is 1. The summed E-state index contributed by atoms with van der Waals surface area (Å²) in [5.41, 5.74) is 5.72. The third-order valence-corrected chi connectivity index (χ3v) is 6.55. The fourth-order valence-corrected chi connectivity index (χ4v) is 4.43. The highest BCUT2D eigenvalue weighted by molar-refractivity contribution is 8.00. The molecule has 0 atom stereocenters. The van der Waals surface area contributed by atoms with Gasteiger partial charge in [-0.15, -0.1) is 0 Å². The number of thioether (sulfide) groups is 1. The van der Waals surface area contributed by atoms with Crippen LogP contribution < -0.4 is 5.32 Å². The summed E-state index contributed by atoms with van der Waals surface area (Å²) in [4.78, 5) is 28.1. The Hall–Kier alpha value is -4.48. The van der Waals surface area contributed by atoms with Crippen molar-refractivity contribution in [3.63, 3.8) is 0 Å². The predicted molar refractivity (Wildman–Crippen MR) is 142 cm³/mol. The zero-order valence-corrected chi connectivity index (χ0v) is 20.5. The van der Waals surface area contributed by atoms with Gasteiger partial charge in [0.15, 0.2) is 0 Å². The molecular formula is C28H22N4O3S. The van der Waals surface area contributed by atoms with Crippen molar-refractivity contribution in [2.24, 2.45) is 0 Å². The first-order chi connectivity index (χ1) is 17.4. The lowest BCUT2D eigenvalue weighted by molar-refractivity contribution is -0.384. The third kappa shape index (κ3) is 5.59. The van der Waals surface area contributed by atoms with Crippen LogP contribution in [0.1, 0.15) is 16.7 Å². The number of pyridine rings is 1. The van der Waals surface area contributed by atoms with Crippen molar-refractivity contribution in [2.75, 3.05) is 11.1 Å². The summed E-state index contributed by atoms with van der Waals surface area (Å²) in [5, 5.41) is 24.3. The highest BCUT2D eigenvalue weighted by Crippen LogP contribution is 2.34. The number of anilines is 1. The van der Waals surface area contributed by atoms with E-state index in [1.165, 1.54) is 12.1 Å². The molecule has 0 aliphatic heterocycles. The van der Waals surface area contributed by atoms with Crippen molar-refractivity contribution < 1.29 is 9.72 Å². The third-order valence-electron chi connectivity index (χ3n) is 5.58. The fraction of sp³-hybridized carbons (Fsp3) is 0.107. The van der Waals surface area contributed by atoms with Gasteiger partial charge in [-0.3, -0.25) is 14.9 Å². The zero-order valence-electron chi connectivity index (χ0n) is 19.7. The number of nitrogens with zero attached hydrogens (tertiary/aromatic N) is 3. The minimum Gasteiger partial charge on any atom is -0.325 e. The monoisotopic (exact) mass is 494 g/mol. The number of carbonyl (C=O) groups excluding carboxylic acids is 1. The molecule has 4 rings (SSSR count). The number of hydrogen-bond acceptors (Lipinski definition) is 6. The summed E-state index contributed by atoms with van der Waals surface area (Å²) in [6.45, 7) is 3.77. The van der Waals surface area contributed by atoms with Crippen molar-refractivity contribution in [1.82, 2.24) is 4.98 Å². The Balaban J connectivity index is 1.66. The standard InChI is InChI=1S/C28H22N4O3S/c1-18-8-11-21(12-9-18)26-15-23(20-6-4-3-5-7-20)24(16-29)28(31-26)36-17-27(33)30-25-14-22(32(34)35)13-10-19(25)2/h3-15H,17H2,1-2H3,(H,30,33). The first-order valence-corrected chi connectivity index (χ1v) is 12.1. The highest BCUT2D eigenvalue weighted by atomic mass is 32.2. The molecule has 36 heavy (non-hydrogen) atoms. The van der Waals surface area contributed by atoms with E-state index in [0.29, 0.717) is 27.5 Å². The van der Waals surface area contributed by atoms with Gasteiger partial charge < -0.3 is 5.32 Å². The Bertz CT molecular complexity index is 1480. The summed E-state index contributed by atoms with van der Waals surface area (Å²) >= 11 is 1.16. The molecule has 0 saturated carbocycles. The highest BCUT2D eigenvalue weighted by Gasteiger charge is 2.18. The molecular weight excluding hydrogens is 472 g/mol. The number of benzene rings is 3. The molecule has 0 unspecified atom stereocenters. The van der Waals surface area contributed by atoms with Crippen molar-refractivity contribution in [1.29, 1.82) is 5.26 Å². The molecule has 1 aromatic heterocycles. The van der Waals surface area contributed by atoms with Crippen LogP contribution >= 0.6 is 11.8 Å². The molecule has 8 heteroatoms. The van der Waals surface area contributed by atoms with Gasteiger partial charge in [0, 0.05) is 23.3 Å². The maximum absolute atomic E-state index is 12.8. The van der Waals surface area contributed by atoms with Crippen LogP contribution in [0.3, 0.4) is 0 Å². The van der Waals surface area contributed by atoms with Gasteiger partial charge in [-0.1, -0.05) is 78.0 Å². The number of carbonyl (C=O) groups is 1. The minimum atomic E-state index is -0.505. The Kier molecular flexibility index (Phi) is 7.42. The molecule has 1 N–H and O–H groups in total. The number of rotatable bonds is 7. The molecule has 0 fully saturated rings. The number of nitriles is 1. The van der Waals surface area contributed by atoms with Gasteiger partial charge in [0.1, 0.15) is 11.1 Å². The maximum Gasteiger partial charge on any atom is 0.271 e. The lowest BCUT2D eigenvalue weighted by Gasteiger charge is -2.13. The predicted octanol–water partition coefficient (Wildman–Crippen LogP) is 6.54. The first-order valence-electron chi connectivity index (χ1n) is 11.1. The van der Waals surface area contributed by atoms with Gasteiger partial charge in [0.2, 0.25) is 5.91 Å². The number of nitro groups is 1. The second-order valence-electron chi connectivity index (χ2n) is 8.17. The largest absolute Gasteiger partial charge is 0.325 e. The van der Waals surface area contributed by atoms with Gasteiger partial charge in [0.25, 0.3) is 5.69 Å². The molecule has 7 nitrogen and oxygen atoms in total. The number of aryl methyl sites for hydroxylation is 2. The summed E-state index contributed by atoms with van der Waals surface area (Å²) in [6, 6.07) is 26.0. The SMILES string of the molecule is Cc1ccc(-c2cc(-c3ccccc3)c(C#N)c(SCC(=O)Nc3cc([N+](=O)[O-])ccc3C)n2)cc1. The van der Waals surface area contributed by atoms with E-state index in [1.807, 2.05) is 67.6 Å². The van der Waals surface area contributed by atoms with E-state index < -0.39 is 4.92 Å². The van der Waals surface area contributed by atoms with E-state index in [2.05, 4.69) is 11.4 Å². The fourth-order valence-electron chi connectivity index (χ4n) is 3.63. The number of aromatic nitrogens is 1. The van der Waals surface area contributed by atoms with Gasteiger partial charge in [0.05, 0.1) is 27.6 Å². The normalized spacial score (nSPS) is 10.5. The van der Waals surface area contributed by atoms with Gasteiger partial charge >= 0.3 is 0 Å². The van der Waals surface area contributed by atoms with Gasteiger partial charge in [-0.2, -0.15) is 5.26 Å². The second-order valence-corrected chi connectivity index (χ2v) is 9.14. The Labute approximate surface area is 213 Å². The molecule has 1 amide bonds. The van der Waals surface area contributed by atoms with Crippen LogP contribution in [-0.4, -0.2) is 21.6 Å². The molecule has 1 heterocycles. The van der Waals surface area contributed by atoms with Gasteiger partial charge in [-0.05, 0) is 31.0 Å². The minimum absolute atomic E-state index is 0.0185. The molecule has 0 saturated heterocycles. The number of non-ortho nitro benzene ring substituents is 1. The lowest BCUT2D eigenvalue weighted by atomic mass is 9.99. The average molecular weight is 495 g/mol. The van der Waals surface area contributed by atoms with Crippen molar-refractivity contribution >= 4 is 29.0 Å². The Morgan fingerprint density at radius 3 is 2.42 bits per heavy atom. The molecule has 0 aliphatic carbocycles. The lowest BCUT2D eigenvalue weighted by Crippen LogP contribution is -2.15. The number of nitro benzene ring substituents is 1. The van der Waals surface area contributed by atoms with Crippen LogP contribution in [-0.2, 0) is 4.79 Å². The van der Waals surface area contributed by atoms with Crippen LogP contribution in [0.2, 0.25) is 0 Å². The van der Waals surface area contributed by atoms with Gasteiger partial charge in [-0.25, -0.2) is 4.98 Å². The summed E-state index contributed by atoms with van der Waals surface area (Å²) in [6.07, 6.45) is 0. The smallest absolute Gasteiger partial charge is 0.271 e. The topological polar surface area (TPSA) is 109 Å². The van der Waals surface area contributed by atoms with E-state index in [-0.39, 0.29) is 17.3 Å². The first kappa shape index (κ1) is 24.6. The van der Waals surface area contributed by atoms with Crippen LogP contribution in [0.5, 0.6) is 0 Å². The molecule has 0 bridgehead atoms. The van der Waals surface area contributed by atoms with E-state index in [0.717, 1.165) is 34.0 Å². The maximum atomic E-state index is 12.8. The van der Waals surface area contributed by atoms with E-state index >= 15 is 0 Å². The van der Waals surface area contributed by atoms with Crippen molar-refractivity contribution in [3.05, 3.63) is 106 Å². The van der Waals surface area contributed by atoms with Crippen molar-refractivity contribution in [2.45, 2.75) is 18.9 Å². The quantitative estimate of drug-likeness (QED) is 0.177. The Morgan fingerprint density at radius 2 is 1.75 bits per heavy atom. The van der Waals surface area contributed by atoms with E-state index in [4.69, 9.17) is 4.98 Å². The summed E-state index contributed by atoms with van der Waals surface area (Å²) < 4.78 is 0. The molecule has 4 aromatic rings. The average Bonchev–Trinajstić information content (AvgIpc) is 2.89. The van der Waals surface area contributed by atoms with Crippen LogP contribution in [0, 0.1) is 35.3 Å². The van der Waals surface area contributed by atoms with E-state index in [1.54, 1.807) is 13.0 Å². The summed E-state index contributed by atoms with van der Waals surface area (Å²) in [7, 11) is 0. The van der Waals surface area contributed by atoms with E-state index in [9.17, 15) is 20.2 Å². The molecule has 3 aromatic carbocycles.